The Morgan fingerprint density at radius 2 is 1.53 bits per heavy atom. The molecule has 5 heteroatoms. The Bertz CT molecular complexity index is 228. The molecule has 0 aromatic carbocycles. The predicted molar refractivity (Wildman–Crippen MR) is 50.2 cm³/mol. The Labute approximate surface area is 87.8 Å². The lowest BCUT2D eigenvalue weighted by atomic mass is 9.82. The number of rotatable bonds is 2. The van der Waals surface area contributed by atoms with E-state index in [9.17, 15) is 18.0 Å². The fourth-order valence-electron chi connectivity index (χ4n) is 0.697. The molecule has 0 amide bonds. The number of hydrogen-bond acceptors (Lipinski definition) is 2. The molecule has 0 aliphatic heterocycles. The van der Waals surface area contributed by atoms with Gasteiger partial charge in [-0.1, -0.05) is 27.7 Å². The van der Waals surface area contributed by atoms with Gasteiger partial charge in [-0.2, -0.15) is 13.2 Å². The first-order valence-electron chi connectivity index (χ1n) is 4.73. The molecule has 0 spiro atoms. The highest BCUT2D eigenvalue weighted by Crippen LogP contribution is 2.29. The second-order valence-corrected chi connectivity index (χ2v) is 4.71. The summed E-state index contributed by atoms with van der Waals surface area (Å²) in [6.07, 6.45) is -6.54. The maximum Gasteiger partial charge on any atom is 0.425 e. The number of halogens is 3. The Balaban J connectivity index is 4.39. The molecular weight excluding hydrogens is 209 g/mol. The molecule has 0 aliphatic rings. The Morgan fingerprint density at radius 1 is 1.13 bits per heavy atom. The van der Waals surface area contributed by atoms with Crippen molar-refractivity contribution in [3.05, 3.63) is 0 Å². The third kappa shape index (κ3) is 4.53. The van der Waals surface area contributed by atoms with E-state index in [4.69, 9.17) is 0 Å². The summed E-state index contributed by atoms with van der Waals surface area (Å²) in [6, 6.07) is 0. The topological polar surface area (TPSA) is 26.3 Å². The molecule has 2 atom stereocenters. The Morgan fingerprint density at radius 3 is 1.80 bits per heavy atom. The van der Waals surface area contributed by atoms with Crippen molar-refractivity contribution >= 4 is 5.97 Å². The summed E-state index contributed by atoms with van der Waals surface area (Å²) in [5.74, 6) is -1.38. The van der Waals surface area contributed by atoms with Crippen LogP contribution in [0.1, 0.15) is 34.6 Å². The van der Waals surface area contributed by atoms with Crippen LogP contribution in [0.4, 0.5) is 13.2 Å². The van der Waals surface area contributed by atoms with Crippen LogP contribution in [0.5, 0.6) is 0 Å². The van der Waals surface area contributed by atoms with E-state index in [1.165, 1.54) is 0 Å². The van der Waals surface area contributed by atoms with Crippen LogP contribution in [0.3, 0.4) is 0 Å². The van der Waals surface area contributed by atoms with Gasteiger partial charge in [-0.25, -0.2) is 0 Å². The fraction of sp³-hybridized carbons (Fsp3) is 0.900. The molecule has 0 N–H and O–H groups in total. The van der Waals surface area contributed by atoms with Crippen molar-refractivity contribution in [1.29, 1.82) is 0 Å². The van der Waals surface area contributed by atoms with Crippen molar-refractivity contribution < 1.29 is 22.7 Å². The summed E-state index contributed by atoms with van der Waals surface area (Å²) in [5, 5.41) is 0. The first-order valence-corrected chi connectivity index (χ1v) is 4.73. The van der Waals surface area contributed by atoms with Crippen molar-refractivity contribution in [2.24, 2.45) is 11.3 Å². The fourth-order valence-corrected chi connectivity index (χ4v) is 0.697. The highest BCUT2D eigenvalue weighted by molar-refractivity contribution is 5.73. The Kier molecular flexibility index (Phi) is 4.19. The van der Waals surface area contributed by atoms with Crippen LogP contribution in [-0.4, -0.2) is 18.2 Å². The number of carbonyl (C=O) groups excluding carboxylic acids is 1. The van der Waals surface area contributed by atoms with Gasteiger partial charge in [0, 0.05) is 0 Å². The highest BCUT2D eigenvalue weighted by Gasteiger charge is 2.40. The van der Waals surface area contributed by atoms with Gasteiger partial charge in [0.2, 0.25) is 0 Å². The molecule has 0 radical (unpaired) electrons. The van der Waals surface area contributed by atoms with Crippen molar-refractivity contribution in [3.63, 3.8) is 0 Å². The van der Waals surface area contributed by atoms with E-state index in [0.29, 0.717) is 0 Å². The van der Waals surface area contributed by atoms with Crippen molar-refractivity contribution in [1.82, 2.24) is 0 Å². The second kappa shape index (κ2) is 4.41. The largest absolute Gasteiger partial charge is 0.453 e. The minimum atomic E-state index is -4.49. The molecule has 0 saturated heterocycles. The number of alkyl halides is 3. The van der Waals surface area contributed by atoms with Crippen LogP contribution in [0, 0.1) is 11.3 Å². The van der Waals surface area contributed by atoms with E-state index in [1.807, 2.05) is 0 Å². The van der Waals surface area contributed by atoms with Gasteiger partial charge in [0.05, 0.1) is 5.92 Å². The third-order valence-electron chi connectivity index (χ3n) is 2.41. The van der Waals surface area contributed by atoms with Gasteiger partial charge < -0.3 is 4.74 Å². The molecule has 0 aromatic rings. The van der Waals surface area contributed by atoms with Crippen LogP contribution < -0.4 is 0 Å². The molecule has 90 valence electrons. The molecular formula is C10H17F3O2. The Hall–Kier alpha value is -0.740. The van der Waals surface area contributed by atoms with Gasteiger partial charge in [-0.05, 0) is 12.3 Å². The number of hydrogen-bond donors (Lipinski definition) is 0. The van der Waals surface area contributed by atoms with Gasteiger partial charge >= 0.3 is 12.1 Å². The summed E-state index contributed by atoms with van der Waals surface area (Å²) in [7, 11) is 0. The standard InChI is InChI=1S/C10H17F3O2/c1-6(9(3,4)5)8(14)15-7(2)10(11,12)13/h6-7H,1-5H3. The van der Waals surface area contributed by atoms with Gasteiger partial charge in [-0.3, -0.25) is 4.79 Å². The van der Waals surface area contributed by atoms with Gasteiger partial charge in [0.25, 0.3) is 0 Å². The van der Waals surface area contributed by atoms with E-state index in [-0.39, 0.29) is 0 Å². The second-order valence-electron chi connectivity index (χ2n) is 4.71. The van der Waals surface area contributed by atoms with Crippen LogP contribution in [0.2, 0.25) is 0 Å². The van der Waals surface area contributed by atoms with Gasteiger partial charge in [-0.15, -0.1) is 0 Å². The molecule has 0 saturated carbocycles. The van der Waals surface area contributed by atoms with Crippen LogP contribution in [0.15, 0.2) is 0 Å². The zero-order valence-corrected chi connectivity index (χ0v) is 9.61. The summed E-state index contributed by atoms with van der Waals surface area (Å²) < 4.78 is 40.6. The molecule has 0 rings (SSSR count). The molecule has 0 aliphatic carbocycles. The molecule has 0 aromatic heterocycles. The van der Waals surface area contributed by atoms with E-state index in [1.54, 1.807) is 27.7 Å². The molecule has 0 bridgehead atoms. The summed E-state index contributed by atoms with van der Waals surface area (Å²) in [5.41, 5.74) is -0.400. The summed E-state index contributed by atoms with van der Waals surface area (Å²) in [6.45, 7) is 7.71. The van der Waals surface area contributed by atoms with Gasteiger partial charge in [0.1, 0.15) is 0 Å². The number of ether oxygens (including phenoxy) is 1. The maximum absolute atomic E-state index is 12.1. The first kappa shape index (κ1) is 14.3. The molecule has 2 nitrogen and oxygen atoms in total. The van der Waals surface area contributed by atoms with Crippen LogP contribution >= 0.6 is 0 Å². The third-order valence-corrected chi connectivity index (χ3v) is 2.41. The molecule has 15 heavy (non-hydrogen) atoms. The first-order chi connectivity index (χ1) is 6.46. The smallest absolute Gasteiger partial charge is 0.425 e. The lowest BCUT2D eigenvalue weighted by Crippen LogP contribution is -2.36. The average molecular weight is 226 g/mol. The quantitative estimate of drug-likeness (QED) is 0.676. The SMILES string of the molecule is CC(C(=O)OC(C)C(F)(F)F)C(C)(C)C. The minimum absolute atomic E-state index is 0.400. The zero-order valence-electron chi connectivity index (χ0n) is 9.61. The zero-order chi connectivity index (χ0) is 12.4. The lowest BCUT2D eigenvalue weighted by molar-refractivity contribution is -0.219. The molecule has 2 unspecified atom stereocenters. The van der Waals surface area contributed by atoms with Crippen molar-refractivity contribution in [2.45, 2.75) is 46.9 Å². The monoisotopic (exact) mass is 226 g/mol. The van der Waals surface area contributed by atoms with Crippen molar-refractivity contribution in [3.8, 4) is 0 Å². The molecule has 0 fully saturated rings. The van der Waals surface area contributed by atoms with Crippen LogP contribution in [-0.2, 0) is 9.53 Å². The molecule has 0 heterocycles. The van der Waals surface area contributed by atoms with E-state index in [2.05, 4.69) is 4.74 Å². The van der Waals surface area contributed by atoms with E-state index < -0.39 is 29.6 Å². The van der Waals surface area contributed by atoms with Crippen LogP contribution in [0.25, 0.3) is 0 Å². The lowest BCUT2D eigenvalue weighted by Gasteiger charge is -2.27. The predicted octanol–water partition coefficient (Wildman–Crippen LogP) is 3.16. The highest BCUT2D eigenvalue weighted by atomic mass is 19.4. The number of esters is 1. The maximum atomic E-state index is 12.1. The van der Waals surface area contributed by atoms with E-state index in [0.717, 1.165) is 6.92 Å². The van der Waals surface area contributed by atoms with Crippen molar-refractivity contribution in [2.75, 3.05) is 0 Å². The summed E-state index contributed by atoms with van der Waals surface area (Å²) >= 11 is 0. The number of carbonyl (C=O) groups is 1. The van der Waals surface area contributed by atoms with Gasteiger partial charge in [0.15, 0.2) is 6.10 Å². The summed E-state index contributed by atoms with van der Waals surface area (Å²) in [4.78, 5) is 11.3. The average Bonchev–Trinajstić information content (AvgIpc) is 1.99. The minimum Gasteiger partial charge on any atom is -0.453 e. The van der Waals surface area contributed by atoms with E-state index >= 15 is 0 Å². The normalized spacial score (nSPS) is 17.1.